The molecule has 2 rings (SSSR count). The van der Waals surface area contributed by atoms with Crippen LogP contribution in [0.3, 0.4) is 0 Å². The third kappa shape index (κ3) is 2.76. The van der Waals surface area contributed by atoms with Crippen LogP contribution in [-0.2, 0) is 16.6 Å². The molecule has 0 atom stereocenters. The Morgan fingerprint density at radius 3 is 2.47 bits per heavy atom. The van der Waals surface area contributed by atoms with E-state index in [0.29, 0.717) is 17.9 Å². The van der Waals surface area contributed by atoms with Gasteiger partial charge < -0.3 is 0 Å². The van der Waals surface area contributed by atoms with Crippen LogP contribution in [0.4, 0.5) is 10.1 Å². The van der Waals surface area contributed by atoms with Gasteiger partial charge in [0.2, 0.25) is 0 Å². The fourth-order valence-corrected chi connectivity index (χ4v) is 2.98. The molecular weight excluding hydrogens is 269 g/mol. The Morgan fingerprint density at radius 2 is 1.95 bits per heavy atom. The number of aromatic nitrogens is 2. The number of hydrogen-bond donors (Lipinski definition) is 1. The standard InChI is InChI=1S/C12H14FN3O2S/c1-3-16-9(2)12(8-14-16)19(17,18)15-11-6-4-10(13)5-7-11/h4-8,15H,3H2,1-2H3. The molecule has 19 heavy (non-hydrogen) atoms. The molecule has 1 N–H and O–H groups in total. The third-order valence-corrected chi connectivity index (χ3v) is 4.23. The van der Waals surface area contributed by atoms with Gasteiger partial charge in [0.1, 0.15) is 10.7 Å². The summed E-state index contributed by atoms with van der Waals surface area (Å²) < 4.78 is 41.1. The van der Waals surface area contributed by atoms with Gasteiger partial charge in [-0.25, -0.2) is 12.8 Å². The van der Waals surface area contributed by atoms with E-state index in [1.165, 1.54) is 30.5 Å². The van der Waals surface area contributed by atoms with Crippen LogP contribution in [0.25, 0.3) is 0 Å². The van der Waals surface area contributed by atoms with Gasteiger partial charge in [0, 0.05) is 12.2 Å². The van der Waals surface area contributed by atoms with Crippen LogP contribution in [0.1, 0.15) is 12.6 Å². The number of hydrogen-bond acceptors (Lipinski definition) is 3. The zero-order valence-corrected chi connectivity index (χ0v) is 11.4. The maximum absolute atomic E-state index is 12.8. The van der Waals surface area contributed by atoms with Crippen molar-refractivity contribution in [2.24, 2.45) is 0 Å². The van der Waals surface area contributed by atoms with Crippen molar-refractivity contribution in [3.05, 3.63) is 42.0 Å². The first-order valence-electron chi connectivity index (χ1n) is 5.75. The summed E-state index contributed by atoms with van der Waals surface area (Å²) in [5.41, 5.74) is 0.877. The van der Waals surface area contributed by atoms with Gasteiger partial charge in [-0.05, 0) is 38.1 Å². The fourth-order valence-electron chi connectivity index (χ4n) is 1.74. The van der Waals surface area contributed by atoms with Gasteiger partial charge in [-0.3, -0.25) is 9.40 Å². The average Bonchev–Trinajstić information content (AvgIpc) is 2.74. The highest BCUT2D eigenvalue weighted by molar-refractivity contribution is 7.92. The SMILES string of the molecule is CCn1ncc(S(=O)(=O)Nc2ccc(F)cc2)c1C. The van der Waals surface area contributed by atoms with Crippen molar-refractivity contribution >= 4 is 15.7 Å². The summed E-state index contributed by atoms with van der Waals surface area (Å²) in [7, 11) is -3.70. The molecule has 0 spiro atoms. The molecule has 0 saturated carbocycles. The van der Waals surface area contributed by atoms with Crippen molar-refractivity contribution in [2.45, 2.75) is 25.3 Å². The molecule has 0 saturated heterocycles. The van der Waals surface area contributed by atoms with Crippen molar-refractivity contribution in [3.63, 3.8) is 0 Å². The lowest BCUT2D eigenvalue weighted by atomic mass is 10.3. The maximum Gasteiger partial charge on any atom is 0.265 e. The highest BCUT2D eigenvalue weighted by Gasteiger charge is 2.20. The minimum atomic E-state index is -3.70. The van der Waals surface area contributed by atoms with Gasteiger partial charge in [0.05, 0.1) is 11.9 Å². The number of nitrogens with zero attached hydrogens (tertiary/aromatic N) is 2. The van der Waals surface area contributed by atoms with Gasteiger partial charge >= 0.3 is 0 Å². The zero-order valence-electron chi connectivity index (χ0n) is 10.6. The summed E-state index contributed by atoms with van der Waals surface area (Å²) in [6.07, 6.45) is 1.31. The van der Waals surface area contributed by atoms with Crippen LogP contribution in [0.5, 0.6) is 0 Å². The van der Waals surface area contributed by atoms with E-state index in [1.54, 1.807) is 11.6 Å². The number of sulfonamides is 1. The Labute approximate surface area is 111 Å². The first-order valence-corrected chi connectivity index (χ1v) is 7.23. The molecule has 1 aromatic heterocycles. The zero-order chi connectivity index (χ0) is 14.0. The van der Waals surface area contributed by atoms with Crippen LogP contribution in [0.2, 0.25) is 0 Å². The number of anilines is 1. The number of nitrogens with one attached hydrogen (secondary N) is 1. The van der Waals surface area contributed by atoms with Crippen LogP contribution >= 0.6 is 0 Å². The molecule has 0 bridgehead atoms. The molecule has 2 aromatic rings. The van der Waals surface area contributed by atoms with E-state index in [-0.39, 0.29) is 4.90 Å². The molecule has 102 valence electrons. The van der Waals surface area contributed by atoms with E-state index in [0.717, 1.165) is 0 Å². The number of rotatable bonds is 4. The Bertz CT molecular complexity index is 678. The maximum atomic E-state index is 12.8. The van der Waals surface area contributed by atoms with Crippen molar-refractivity contribution < 1.29 is 12.8 Å². The van der Waals surface area contributed by atoms with Crippen LogP contribution in [0.15, 0.2) is 35.4 Å². The lowest BCUT2D eigenvalue weighted by Crippen LogP contribution is -2.14. The molecule has 0 radical (unpaired) electrons. The van der Waals surface area contributed by atoms with Crippen molar-refractivity contribution in [1.29, 1.82) is 0 Å². The molecule has 0 unspecified atom stereocenters. The predicted molar refractivity (Wildman–Crippen MR) is 69.8 cm³/mol. The number of benzene rings is 1. The highest BCUT2D eigenvalue weighted by atomic mass is 32.2. The summed E-state index contributed by atoms with van der Waals surface area (Å²) in [6.45, 7) is 4.16. The van der Waals surface area contributed by atoms with Gasteiger partial charge in [-0.2, -0.15) is 5.10 Å². The number of halogens is 1. The molecule has 0 amide bonds. The molecule has 0 aliphatic carbocycles. The molecular formula is C12H14FN3O2S. The van der Waals surface area contributed by atoms with E-state index < -0.39 is 15.8 Å². The first-order chi connectivity index (χ1) is 8.94. The molecule has 1 aromatic carbocycles. The smallest absolute Gasteiger partial charge is 0.265 e. The largest absolute Gasteiger partial charge is 0.280 e. The lowest BCUT2D eigenvalue weighted by molar-refractivity contribution is 0.598. The Morgan fingerprint density at radius 1 is 1.32 bits per heavy atom. The summed E-state index contributed by atoms with van der Waals surface area (Å²) in [4.78, 5) is 0.124. The predicted octanol–water partition coefficient (Wildman–Crippen LogP) is 2.15. The highest BCUT2D eigenvalue weighted by Crippen LogP contribution is 2.19. The summed E-state index contributed by atoms with van der Waals surface area (Å²) in [5, 5.41) is 3.99. The van der Waals surface area contributed by atoms with Crippen molar-refractivity contribution in [2.75, 3.05) is 4.72 Å². The van der Waals surface area contributed by atoms with E-state index in [4.69, 9.17) is 0 Å². The van der Waals surface area contributed by atoms with Gasteiger partial charge in [0.15, 0.2) is 0 Å². The Hall–Kier alpha value is -1.89. The Balaban J connectivity index is 2.32. The van der Waals surface area contributed by atoms with E-state index >= 15 is 0 Å². The third-order valence-electron chi connectivity index (χ3n) is 2.74. The number of aryl methyl sites for hydroxylation is 1. The molecule has 0 aliphatic heterocycles. The summed E-state index contributed by atoms with van der Waals surface area (Å²) in [5.74, 6) is -0.419. The Kier molecular flexibility index (Phi) is 3.57. The minimum Gasteiger partial charge on any atom is -0.280 e. The van der Waals surface area contributed by atoms with E-state index in [2.05, 4.69) is 9.82 Å². The second-order valence-corrected chi connectivity index (χ2v) is 5.67. The van der Waals surface area contributed by atoms with Crippen LogP contribution in [0, 0.1) is 12.7 Å². The monoisotopic (exact) mass is 283 g/mol. The average molecular weight is 283 g/mol. The van der Waals surface area contributed by atoms with Gasteiger partial charge in [-0.1, -0.05) is 0 Å². The molecule has 0 fully saturated rings. The topological polar surface area (TPSA) is 64.0 Å². The summed E-state index contributed by atoms with van der Waals surface area (Å²) in [6, 6.07) is 5.12. The second kappa shape index (κ2) is 5.00. The quantitative estimate of drug-likeness (QED) is 0.935. The summed E-state index contributed by atoms with van der Waals surface area (Å²) >= 11 is 0. The molecule has 7 heteroatoms. The van der Waals surface area contributed by atoms with Crippen LogP contribution in [-0.4, -0.2) is 18.2 Å². The molecule has 1 heterocycles. The molecule has 5 nitrogen and oxygen atoms in total. The van der Waals surface area contributed by atoms with Crippen molar-refractivity contribution in [1.82, 2.24) is 9.78 Å². The van der Waals surface area contributed by atoms with E-state index in [9.17, 15) is 12.8 Å². The second-order valence-electron chi connectivity index (χ2n) is 4.02. The normalized spacial score (nSPS) is 11.5. The van der Waals surface area contributed by atoms with Crippen LogP contribution < -0.4 is 4.72 Å². The lowest BCUT2D eigenvalue weighted by Gasteiger charge is -2.07. The minimum absolute atomic E-state index is 0.124. The van der Waals surface area contributed by atoms with Gasteiger partial charge in [-0.15, -0.1) is 0 Å². The van der Waals surface area contributed by atoms with E-state index in [1.807, 2.05) is 6.92 Å². The molecule has 0 aliphatic rings. The fraction of sp³-hybridized carbons (Fsp3) is 0.250. The van der Waals surface area contributed by atoms with Crippen molar-refractivity contribution in [3.8, 4) is 0 Å². The first kappa shape index (κ1) is 13.5. The van der Waals surface area contributed by atoms with Gasteiger partial charge in [0.25, 0.3) is 10.0 Å².